The molecule has 15 heavy (non-hydrogen) atoms. The number of halogens is 1. The molecule has 0 aliphatic heterocycles. The molecule has 84 valence electrons. The number of hydrogen-bond donors (Lipinski definition) is 1. The van der Waals surface area contributed by atoms with Crippen LogP contribution in [0.15, 0.2) is 47.9 Å². The molecule has 0 saturated heterocycles. The third-order valence-corrected chi connectivity index (χ3v) is 2.90. The SMILES string of the molecule is C=C/C(=C\C=C(/C=C)S(=O)(=O)O)CCBr. The minimum Gasteiger partial charge on any atom is -0.282 e. The molecule has 0 aliphatic rings. The molecule has 0 spiro atoms. The minimum atomic E-state index is -4.18. The maximum Gasteiger partial charge on any atom is 0.294 e. The van der Waals surface area contributed by atoms with Gasteiger partial charge in [0, 0.05) is 5.33 Å². The standard InChI is InChI=1S/C10H13BrO3S/c1-3-9(7-8-11)5-6-10(4-2)15(12,13)14/h3-6H,1-2,7-8H2,(H,12,13,14)/b9-5+,10-6+. The van der Waals surface area contributed by atoms with E-state index in [1.165, 1.54) is 6.08 Å². The van der Waals surface area contributed by atoms with E-state index in [1.54, 1.807) is 12.2 Å². The van der Waals surface area contributed by atoms with Crippen molar-refractivity contribution in [2.75, 3.05) is 5.33 Å². The van der Waals surface area contributed by atoms with Crippen LogP contribution in [0.4, 0.5) is 0 Å². The average molecular weight is 293 g/mol. The van der Waals surface area contributed by atoms with Crippen LogP contribution in [0.5, 0.6) is 0 Å². The average Bonchev–Trinajstić information content (AvgIpc) is 2.15. The van der Waals surface area contributed by atoms with Crippen molar-refractivity contribution in [2.24, 2.45) is 0 Å². The molecule has 0 aromatic carbocycles. The fraction of sp³-hybridized carbons (Fsp3) is 0.200. The molecule has 0 aromatic rings. The predicted octanol–water partition coefficient (Wildman–Crippen LogP) is 2.84. The second-order valence-corrected chi connectivity index (χ2v) is 4.85. The number of rotatable bonds is 6. The van der Waals surface area contributed by atoms with Gasteiger partial charge in [0.2, 0.25) is 0 Å². The Balaban J connectivity index is 5.02. The summed E-state index contributed by atoms with van der Waals surface area (Å²) < 4.78 is 30.3. The fourth-order valence-corrected chi connectivity index (χ4v) is 1.72. The molecular weight excluding hydrogens is 280 g/mol. The van der Waals surface area contributed by atoms with Gasteiger partial charge in [-0.15, -0.1) is 0 Å². The zero-order chi connectivity index (χ0) is 11.9. The van der Waals surface area contributed by atoms with E-state index in [0.717, 1.165) is 23.4 Å². The van der Waals surface area contributed by atoms with Crippen molar-refractivity contribution in [1.29, 1.82) is 0 Å². The van der Waals surface area contributed by atoms with Crippen LogP contribution >= 0.6 is 15.9 Å². The smallest absolute Gasteiger partial charge is 0.282 e. The van der Waals surface area contributed by atoms with Gasteiger partial charge in [0.15, 0.2) is 0 Å². The van der Waals surface area contributed by atoms with Crippen LogP contribution in [0.25, 0.3) is 0 Å². The molecule has 0 amide bonds. The van der Waals surface area contributed by atoms with E-state index in [4.69, 9.17) is 4.55 Å². The summed E-state index contributed by atoms with van der Waals surface area (Å²) in [6.07, 6.45) is 6.32. The Morgan fingerprint density at radius 2 is 1.87 bits per heavy atom. The topological polar surface area (TPSA) is 54.4 Å². The Morgan fingerprint density at radius 1 is 1.27 bits per heavy atom. The Morgan fingerprint density at radius 3 is 2.20 bits per heavy atom. The Kier molecular flexibility index (Phi) is 6.47. The Bertz CT molecular complexity index is 391. The van der Waals surface area contributed by atoms with Gasteiger partial charge < -0.3 is 0 Å². The van der Waals surface area contributed by atoms with Gasteiger partial charge >= 0.3 is 0 Å². The van der Waals surface area contributed by atoms with Crippen molar-refractivity contribution >= 4 is 26.0 Å². The van der Waals surface area contributed by atoms with Gasteiger partial charge in [0.05, 0.1) is 4.91 Å². The summed E-state index contributed by atoms with van der Waals surface area (Å²) in [5.41, 5.74) is 0.870. The van der Waals surface area contributed by atoms with Crippen LogP contribution < -0.4 is 0 Å². The zero-order valence-corrected chi connectivity index (χ0v) is 10.6. The number of allylic oxidation sites excluding steroid dienone is 5. The molecule has 0 aromatic heterocycles. The van der Waals surface area contributed by atoms with Crippen LogP contribution in [-0.4, -0.2) is 18.3 Å². The lowest BCUT2D eigenvalue weighted by Crippen LogP contribution is -1.98. The van der Waals surface area contributed by atoms with Gasteiger partial charge in [-0.1, -0.05) is 41.2 Å². The zero-order valence-electron chi connectivity index (χ0n) is 8.19. The summed E-state index contributed by atoms with van der Waals surface area (Å²) >= 11 is 3.26. The molecule has 0 unspecified atom stereocenters. The largest absolute Gasteiger partial charge is 0.294 e. The third-order valence-electron chi connectivity index (χ3n) is 1.61. The third kappa shape index (κ3) is 5.71. The maximum atomic E-state index is 10.8. The highest BCUT2D eigenvalue weighted by atomic mass is 79.9. The van der Waals surface area contributed by atoms with Crippen LogP contribution in [0.1, 0.15) is 6.42 Å². The highest BCUT2D eigenvalue weighted by Crippen LogP contribution is 2.09. The van der Waals surface area contributed by atoms with E-state index in [-0.39, 0.29) is 4.91 Å². The van der Waals surface area contributed by atoms with E-state index < -0.39 is 10.1 Å². The minimum absolute atomic E-state index is 0.226. The van der Waals surface area contributed by atoms with Gasteiger partial charge in [-0.25, -0.2) is 0 Å². The molecular formula is C10H13BrO3S. The van der Waals surface area contributed by atoms with E-state index >= 15 is 0 Å². The van der Waals surface area contributed by atoms with Crippen molar-refractivity contribution in [3.8, 4) is 0 Å². The fourth-order valence-electron chi connectivity index (χ4n) is 0.811. The van der Waals surface area contributed by atoms with E-state index in [9.17, 15) is 8.42 Å². The van der Waals surface area contributed by atoms with Crippen LogP contribution in [0.2, 0.25) is 0 Å². The lowest BCUT2D eigenvalue weighted by atomic mass is 10.2. The van der Waals surface area contributed by atoms with Crippen LogP contribution in [-0.2, 0) is 10.1 Å². The highest BCUT2D eigenvalue weighted by Gasteiger charge is 2.07. The molecule has 5 heteroatoms. The first-order valence-corrected chi connectivity index (χ1v) is 6.71. The monoisotopic (exact) mass is 292 g/mol. The highest BCUT2D eigenvalue weighted by molar-refractivity contribution is 9.09. The molecule has 0 bridgehead atoms. The molecule has 0 atom stereocenters. The first kappa shape index (κ1) is 14.3. The molecule has 0 rings (SSSR count). The summed E-state index contributed by atoms with van der Waals surface area (Å²) in [5, 5.41) is 0.758. The van der Waals surface area contributed by atoms with Gasteiger partial charge in [0.25, 0.3) is 10.1 Å². The van der Waals surface area contributed by atoms with E-state index in [1.807, 2.05) is 0 Å². The first-order valence-electron chi connectivity index (χ1n) is 4.15. The van der Waals surface area contributed by atoms with Gasteiger partial charge in [-0.2, -0.15) is 8.42 Å². The van der Waals surface area contributed by atoms with Crippen molar-refractivity contribution in [3.63, 3.8) is 0 Å². The predicted molar refractivity (Wildman–Crippen MR) is 66.5 cm³/mol. The van der Waals surface area contributed by atoms with Gasteiger partial charge in [0.1, 0.15) is 0 Å². The van der Waals surface area contributed by atoms with Crippen molar-refractivity contribution < 1.29 is 13.0 Å². The van der Waals surface area contributed by atoms with Crippen molar-refractivity contribution in [1.82, 2.24) is 0 Å². The molecule has 3 nitrogen and oxygen atoms in total. The lowest BCUT2D eigenvalue weighted by Gasteiger charge is -1.97. The Hall–Kier alpha value is -0.650. The normalized spacial score (nSPS) is 13.7. The number of hydrogen-bond acceptors (Lipinski definition) is 2. The second-order valence-electron chi connectivity index (χ2n) is 2.63. The molecule has 0 aliphatic carbocycles. The van der Waals surface area contributed by atoms with Crippen LogP contribution in [0, 0.1) is 0 Å². The first-order chi connectivity index (χ1) is 6.95. The van der Waals surface area contributed by atoms with E-state index in [0.29, 0.717) is 0 Å². The molecule has 0 heterocycles. The summed E-state index contributed by atoms with van der Waals surface area (Å²) in [6.45, 7) is 6.89. The molecule has 1 N–H and O–H groups in total. The number of alkyl halides is 1. The summed E-state index contributed by atoms with van der Waals surface area (Å²) in [4.78, 5) is -0.226. The lowest BCUT2D eigenvalue weighted by molar-refractivity contribution is 0.492. The molecule has 0 saturated carbocycles. The van der Waals surface area contributed by atoms with E-state index in [2.05, 4.69) is 29.1 Å². The summed E-state index contributed by atoms with van der Waals surface area (Å²) in [6, 6.07) is 0. The van der Waals surface area contributed by atoms with Crippen LogP contribution in [0.3, 0.4) is 0 Å². The Labute approximate surface area is 98.8 Å². The van der Waals surface area contributed by atoms with Crippen molar-refractivity contribution in [2.45, 2.75) is 6.42 Å². The molecule has 0 radical (unpaired) electrons. The quantitative estimate of drug-likeness (QED) is 0.465. The second kappa shape index (κ2) is 6.76. The molecule has 0 fully saturated rings. The van der Waals surface area contributed by atoms with Gasteiger partial charge in [-0.05, 0) is 24.1 Å². The van der Waals surface area contributed by atoms with Crippen molar-refractivity contribution in [3.05, 3.63) is 47.9 Å². The summed E-state index contributed by atoms with van der Waals surface area (Å²) in [5.74, 6) is 0. The summed E-state index contributed by atoms with van der Waals surface area (Å²) in [7, 11) is -4.18. The van der Waals surface area contributed by atoms with Gasteiger partial charge in [-0.3, -0.25) is 4.55 Å². The maximum absolute atomic E-state index is 10.8.